The van der Waals surface area contributed by atoms with Crippen molar-refractivity contribution in [3.8, 4) is 5.75 Å². The van der Waals surface area contributed by atoms with Gasteiger partial charge in [-0.15, -0.1) is 0 Å². The van der Waals surface area contributed by atoms with Crippen molar-refractivity contribution in [2.45, 2.75) is 31.8 Å². The van der Waals surface area contributed by atoms with E-state index in [1.54, 1.807) is 0 Å². The molecule has 166 valence electrons. The number of aldehydes is 1. The number of likely N-dealkylation sites (N-methyl/N-ethyl adjacent to an activating group) is 1. The summed E-state index contributed by atoms with van der Waals surface area (Å²) in [5.41, 5.74) is -2.36. The van der Waals surface area contributed by atoms with E-state index in [1.165, 1.54) is 10.8 Å². The first-order valence-corrected chi connectivity index (χ1v) is 9.76. The van der Waals surface area contributed by atoms with Gasteiger partial charge in [-0.2, -0.15) is 0 Å². The number of rotatable bonds is 5. The van der Waals surface area contributed by atoms with Crippen molar-refractivity contribution in [3.63, 3.8) is 0 Å². The molecule has 2 heterocycles. The molecule has 1 aliphatic rings. The van der Waals surface area contributed by atoms with Crippen LogP contribution >= 0.6 is 0 Å². The highest BCUT2D eigenvalue weighted by Crippen LogP contribution is 2.25. The van der Waals surface area contributed by atoms with E-state index in [2.05, 4.69) is 5.32 Å². The molecule has 31 heavy (non-hydrogen) atoms. The Bertz CT molecular complexity index is 1050. The Morgan fingerprint density at radius 3 is 2.58 bits per heavy atom. The molecule has 1 atom stereocenters. The van der Waals surface area contributed by atoms with Crippen LogP contribution in [0, 0.1) is 17.5 Å². The SMILES string of the molecule is CN1CCCCC(n2cc(C(=O)NCc3c(F)cc(F)cc3F)c(=O)c(O)c2C=O)C1. The summed E-state index contributed by atoms with van der Waals surface area (Å²) in [4.78, 5) is 38.6. The summed E-state index contributed by atoms with van der Waals surface area (Å²) >= 11 is 0. The number of carbonyl (C=O) groups excluding carboxylic acids is 2. The topological polar surface area (TPSA) is 91.6 Å². The molecule has 1 aromatic carbocycles. The molecule has 0 radical (unpaired) electrons. The van der Waals surface area contributed by atoms with Gasteiger partial charge in [0.2, 0.25) is 5.43 Å². The first-order valence-electron chi connectivity index (χ1n) is 9.76. The fourth-order valence-electron chi connectivity index (χ4n) is 3.75. The third-order valence-corrected chi connectivity index (χ3v) is 5.38. The summed E-state index contributed by atoms with van der Waals surface area (Å²) in [6.07, 6.45) is 4.00. The van der Waals surface area contributed by atoms with Gasteiger partial charge < -0.3 is 19.9 Å². The summed E-state index contributed by atoms with van der Waals surface area (Å²) in [6.45, 7) is 0.746. The molecule has 1 saturated heterocycles. The average molecular weight is 437 g/mol. The highest BCUT2D eigenvalue weighted by Gasteiger charge is 2.25. The molecule has 1 fully saturated rings. The van der Waals surface area contributed by atoms with Crippen LogP contribution in [0.25, 0.3) is 0 Å². The second kappa shape index (κ2) is 9.34. The maximum Gasteiger partial charge on any atom is 0.257 e. The number of benzene rings is 1. The van der Waals surface area contributed by atoms with Gasteiger partial charge in [0.05, 0.1) is 0 Å². The zero-order valence-electron chi connectivity index (χ0n) is 16.8. The van der Waals surface area contributed by atoms with Crippen molar-refractivity contribution in [2.24, 2.45) is 0 Å². The molecule has 3 rings (SSSR count). The van der Waals surface area contributed by atoms with E-state index in [1.807, 2.05) is 11.9 Å². The largest absolute Gasteiger partial charge is 0.503 e. The number of pyridine rings is 1. The molecule has 0 aliphatic carbocycles. The highest BCUT2D eigenvalue weighted by atomic mass is 19.1. The lowest BCUT2D eigenvalue weighted by Crippen LogP contribution is -2.33. The molecule has 0 bridgehead atoms. The number of carbonyl (C=O) groups is 2. The number of nitrogens with one attached hydrogen (secondary N) is 1. The minimum atomic E-state index is -1.18. The second-order valence-corrected chi connectivity index (χ2v) is 7.57. The van der Waals surface area contributed by atoms with Gasteiger partial charge in [0.1, 0.15) is 28.7 Å². The van der Waals surface area contributed by atoms with Gasteiger partial charge in [0.25, 0.3) is 5.91 Å². The van der Waals surface area contributed by atoms with Crippen LogP contribution in [0.3, 0.4) is 0 Å². The summed E-state index contributed by atoms with van der Waals surface area (Å²) in [5.74, 6) is -5.33. The van der Waals surface area contributed by atoms with Gasteiger partial charge in [-0.3, -0.25) is 14.4 Å². The molecule has 0 spiro atoms. The number of likely N-dealkylation sites (tertiary alicyclic amines) is 1. The van der Waals surface area contributed by atoms with Gasteiger partial charge in [0, 0.05) is 43.0 Å². The summed E-state index contributed by atoms with van der Waals surface area (Å²) in [5, 5.41) is 12.5. The monoisotopic (exact) mass is 437 g/mol. The van der Waals surface area contributed by atoms with Crippen molar-refractivity contribution in [2.75, 3.05) is 20.1 Å². The Kier molecular flexibility index (Phi) is 6.79. The van der Waals surface area contributed by atoms with Gasteiger partial charge in [0.15, 0.2) is 12.0 Å². The van der Waals surface area contributed by atoms with E-state index in [9.17, 15) is 32.7 Å². The van der Waals surface area contributed by atoms with Gasteiger partial charge >= 0.3 is 0 Å². The smallest absolute Gasteiger partial charge is 0.257 e. The lowest BCUT2D eigenvalue weighted by Gasteiger charge is -2.25. The van der Waals surface area contributed by atoms with Crippen LogP contribution < -0.4 is 10.7 Å². The third-order valence-electron chi connectivity index (χ3n) is 5.38. The molecule has 1 unspecified atom stereocenters. The number of amides is 1. The van der Waals surface area contributed by atoms with Crippen LogP contribution in [0.15, 0.2) is 23.1 Å². The van der Waals surface area contributed by atoms with E-state index in [4.69, 9.17) is 0 Å². The van der Waals surface area contributed by atoms with Crippen LogP contribution in [0.1, 0.15) is 51.7 Å². The maximum atomic E-state index is 13.8. The first-order chi connectivity index (χ1) is 14.7. The molecule has 1 aromatic heterocycles. The van der Waals surface area contributed by atoms with Crippen LogP contribution in [-0.4, -0.2) is 46.9 Å². The molecule has 10 heteroatoms. The summed E-state index contributed by atoms with van der Waals surface area (Å²) in [6, 6.07) is 0.688. The highest BCUT2D eigenvalue weighted by molar-refractivity contribution is 5.95. The minimum absolute atomic E-state index is 0.238. The molecular weight excluding hydrogens is 415 g/mol. The summed E-state index contributed by atoms with van der Waals surface area (Å²) in [7, 11) is 1.90. The van der Waals surface area contributed by atoms with E-state index in [0.29, 0.717) is 31.4 Å². The van der Waals surface area contributed by atoms with E-state index in [-0.39, 0.29) is 11.7 Å². The van der Waals surface area contributed by atoms with E-state index >= 15 is 0 Å². The molecule has 1 aliphatic heterocycles. The predicted octanol–water partition coefficient (Wildman–Crippen LogP) is 2.37. The predicted molar refractivity (Wildman–Crippen MR) is 106 cm³/mol. The lowest BCUT2D eigenvalue weighted by molar-refractivity contribution is 0.0945. The number of aromatic nitrogens is 1. The van der Waals surface area contributed by atoms with Crippen LogP contribution in [-0.2, 0) is 6.54 Å². The normalized spacial score (nSPS) is 17.2. The van der Waals surface area contributed by atoms with Crippen molar-refractivity contribution >= 4 is 12.2 Å². The van der Waals surface area contributed by atoms with Gasteiger partial charge in [-0.1, -0.05) is 6.42 Å². The Labute approximate surface area is 176 Å². The fraction of sp³-hybridized carbons (Fsp3) is 0.381. The number of hydrogen-bond acceptors (Lipinski definition) is 5. The number of hydrogen-bond donors (Lipinski definition) is 2. The Morgan fingerprint density at radius 1 is 1.26 bits per heavy atom. The van der Waals surface area contributed by atoms with Crippen LogP contribution in [0.5, 0.6) is 5.75 Å². The zero-order chi connectivity index (χ0) is 22.7. The van der Waals surface area contributed by atoms with Crippen molar-refractivity contribution in [1.82, 2.24) is 14.8 Å². The van der Waals surface area contributed by atoms with Crippen molar-refractivity contribution in [3.05, 3.63) is 62.8 Å². The maximum absolute atomic E-state index is 13.8. The first kappa shape index (κ1) is 22.5. The van der Waals surface area contributed by atoms with Crippen molar-refractivity contribution < 1.29 is 27.9 Å². The lowest BCUT2D eigenvalue weighted by atomic mass is 10.1. The molecule has 2 aromatic rings. The Morgan fingerprint density at radius 2 is 1.94 bits per heavy atom. The second-order valence-electron chi connectivity index (χ2n) is 7.57. The van der Waals surface area contributed by atoms with E-state index in [0.717, 1.165) is 19.4 Å². The minimum Gasteiger partial charge on any atom is -0.503 e. The zero-order valence-corrected chi connectivity index (χ0v) is 16.8. The quantitative estimate of drug-likeness (QED) is 0.701. The molecule has 1 amide bonds. The summed E-state index contributed by atoms with van der Waals surface area (Å²) < 4.78 is 42.1. The number of aromatic hydroxyl groups is 1. The van der Waals surface area contributed by atoms with Crippen molar-refractivity contribution in [1.29, 1.82) is 0 Å². The fourth-order valence-corrected chi connectivity index (χ4v) is 3.75. The van der Waals surface area contributed by atoms with Crippen LogP contribution in [0.4, 0.5) is 13.2 Å². The Balaban J connectivity index is 1.93. The third kappa shape index (κ3) is 4.79. The average Bonchev–Trinajstić information content (AvgIpc) is 2.93. The Hall–Kier alpha value is -3.14. The number of nitrogens with zero attached hydrogens (tertiary/aromatic N) is 2. The standard InChI is InChI=1S/C21H22F3N3O4/c1-26-5-3-2-4-13(9-26)27-10-15(19(29)20(30)18(27)11-28)21(31)25-8-14-16(23)6-12(22)7-17(14)24/h6-7,10-11,13,30H,2-5,8-9H2,1H3,(H,25,31). The molecule has 2 N–H and O–H groups in total. The van der Waals surface area contributed by atoms with Gasteiger partial charge in [-0.25, -0.2) is 13.2 Å². The van der Waals surface area contributed by atoms with Gasteiger partial charge in [-0.05, 0) is 26.4 Å². The number of halogens is 3. The van der Waals surface area contributed by atoms with Crippen LogP contribution in [0.2, 0.25) is 0 Å². The van der Waals surface area contributed by atoms with E-state index < -0.39 is 52.2 Å². The molecular formula is C21H22F3N3O4. The molecule has 0 saturated carbocycles. The molecule has 7 nitrogen and oxygen atoms in total.